The van der Waals surface area contributed by atoms with Crippen LogP contribution in [0.2, 0.25) is 5.22 Å². The zero-order chi connectivity index (χ0) is 13.1. The van der Waals surface area contributed by atoms with Crippen molar-refractivity contribution in [3.63, 3.8) is 0 Å². The number of furan rings is 1. The molecule has 1 atom stereocenters. The van der Waals surface area contributed by atoms with Gasteiger partial charge in [0.15, 0.2) is 5.22 Å². The van der Waals surface area contributed by atoms with E-state index >= 15 is 0 Å². The summed E-state index contributed by atoms with van der Waals surface area (Å²) >= 11 is 5.91. The number of nitrogens with zero attached hydrogens (tertiary/aromatic N) is 3. The first-order valence-electron chi connectivity index (χ1n) is 5.93. The van der Waals surface area contributed by atoms with Gasteiger partial charge < -0.3 is 10.2 Å². The van der Waals surface area contributed by atoms with Crippen molar-refractivity contribution < 1.29 is 4.42 Å². The van der Waals surface area contributed by atoms with Crippen LogP contribution in [0.25, 0.3) is 0 Å². The lowest BCUT2D eigenvalue weighted by molar-refractivity contribution is 0.459. The van der Waals surface area contributed by atoms with Crippen molar-refractivity contribution in [2.24, 2.45) is 11.7 Å². The molecule has 2 aromatic rings. The van der Waals surface area contributed by atoms with Gasteiger partial charge in [0.1, 0.15) is 12.2 Å². The van der Waals surface area contributed by atoms with E-state index in [0.29, 0.717) is 17.6 Å². The first kappa shape index (κ1) is 13.1. The van der Waals surface area contributed by atoms with Crippen LogP contribution in [0.4, 0.5) is 0 Å². The van der Waals surface area contributed by atoms with E-state index in [-0.39, 0.29) is 6.04 Å². The van der Waals surface area contributed by atoms with Crippen molar-refractivity contribution in [2.45, 2.75) is 32.9 Å². The quantitative estimate of drug-likeness (QED) is 0.904. The van der Waals surface area contributed by atoms with Crippen molar-refractivity contribution >= 4 is 11.6 Å². The standard InChI is InChI=1S/C12H17ClN4O/c1-8(2)6-17-11(15-7-16-17)5-10(14)9-3-4-18-12(9)13/h3-4,7-8,10H,5-6,14H2,1-2H3. The predicted octanol–water partition coefficient (Wildman–Crippen LogP) is 2.42. The zero-order valence-corrected chi connectivity index (χ0v) is 11.3. The van der Waals surface area contributed by atoms with E-state index in [1.807, 2.05) is 4.68 Å². The number of halogens is 1. The molecule has 2 aromatic heterocycles. The number of nitrogens with two attached hydrogens (primary N) is 1. The van der Waals surface area contributed by atoms with Crippen LogP contribution in [-0.2, 0) is 13.0 Å². The van der Waals surface area contributed by atoms with Gasteiger partial charge in [-0.3, -0.25) is 0 Å². The van der Waals surface area contributed by atoms with Gasteiger partial charge in [0.25, 0.3) is 0 Å². The third-order valence-corrected chi connectivity index (χ3v) is 2.99. The van der Waals surface area contributed by atoms with Crippen molar-refractivity contribution in [3.05, 3.63) is 35.3 Å². The first-order chi connectivity index (χ1) is 8.58. The van der Waals surface area contributed by atoms with Gasteiger partial charge in [0, 0.05) is 24.6 Å². The van der Waals surface area contributed by atoms with Crippen LogP contribution in [0.1, 0.15) is 31.3 Å². The molecule has 0 aliphatic carbocycles. The molecule has 0 aliphatic heterocycles. The van der Waals surface area contributed by atoms with E-state index in [4.69, 9.17) is 21.8 Å². The van der Waals surface area contributed by atoms with Crippen molar-refractivity contribution in [3.8, 4) is 0 Å². The Hall–Kier alpha value is -1.33. The summed E-state index contributed by atoms with van der Waals surface area (Å²) < 4.78 is 6.93. The normalized spacial score (nSPS) is 13.2. The Labute approximate surface area is 111 Å². The van der Waals surface area contributed by atoms with E-state index in [1.165, 1.54) is 6.26 Å². The Morgan fingerprint density at radius 3 is 2.89 bits per heavy atom. The fourth-order valence-corrected chi connectivity index (χ4v) is 2.08. The molecule has 6 heteroatoms. The molecule has 0 aliphatic rings. The summed E-state index contributed by atoms with van der Waals surface area (Å²) in [5, 5.41) is 4.55. The van der Waals surface area contributed by atoms with Crippen LogP contribution in [0.3, 0.4) is 0 Å². The van der Waals surface area contributed by atoms with Crippen LogP contribution >= 0.6 is 11.6 Å². The van der Waals surface area contributed by atoms with E-state index in [0.717, 1.165) is 17.9 Å². The molecule has 18 heavy (non-hydrogen) atoms. The molecule has 5 nitrogen and oxygen atoms in total. The van der Waals surface area contributed by atoms with Crippen LogP contribution in [0, 0.1) is 5.92 Å². The van der Waals surface area contributed by atoms with Crippen LogP contribution in [0.5, 0.6) is 0 Å². The Balaban J connectivity index is 2.10. The lowest BCUT2D eigenvalue weighted by atomic mass is 10.1. The number of hydrogen-bond acceptors (Lipinski definition) is 4. The number of rotatable bonds is 5. The largest absolute Gasteiger partial charge is 0.453 e. The second-order valence-corrected chi connectivity index (χ2v) is 5.06. The molecule has 98 valence electrons. The SMILES string of the molecule is CC(C)Cn1ncnc1CC(N)c1ccoc1Cl. The molecule has 0 bridgehead atoms. The highest BCUT2D eigenvalue weighted by Gasteiger charge is 2.16. The molecule has 1 unspecified atom stereocenters. The summed E-state index contributed by atoms with van der Waals surface area (Å²) in [5.74, 6) is 1.38. The molecule has 0 spiro atoms. The second-order valence-electron chi connectivity index (χ2n) is 4.71. The highest BCUT2D eigenvalue weighted by molar-refractivity contribution is 6.29. The fourth-order valence-electron chi connectivity index (χ4n) is 1.82. The van der Waals surface area contributed by atoms with E-state index in [1.54, 1.807) is 12.4 Å². The van der Waals surface area contributed by atoms with Gasteiger partial charge in [-0.1, -0.05) is 13.8 Å². The Kier molecular flexibility index (Phi) is 4.04. The summed E-state index contributed by atoms with van der Waals surface area (Å²) in [5.41, 5.74) is 6.91. The summed E-state index contributed by atoms with van der Waals surface area (Å²) in [7, 11) is 0. The van der Waals surface area contributed by atoms with Crippen molar-refractivity contribution in [1.82, 2.24) is 14.8 Å². The van der Waals surface area contributed by atoms with Crippen molar-refractivity contribution in [2.75, 3.05) is 0 Å². The molecule has 0 saturated heterocycles. The van der Waals surface area contributed by atoms with Gasteiger partial charge in [-0.2, -0.15) is 5.10 Å². The Morgan fingerprint density at radius 2 is 2.28 bits per heavy atom. The van der Waals surface area contributed by atoms with Crippen LogP contribution in [-0.4, -0.2) is 14.8 Å². The van der Waals surface area contributed by atoms with Gasteiger partial charge in [-0.05, 0) is 23.6 Å². The average Bonchev–Trinajstić information content (AvgIpc) is 2.88. The van der Waals surface area contributed by atoms with Crippen molar-refractivity contribution in [1.29, 1.82) is 0 Å². The predicted molar refractivity (Wildman–Crippen MR) is 69.2 cm³/mol. The Bertz CT molecular complexity index is 506. The monoisotopic (exact) mass is 268 g/mol. The topological polar surface area (TPSA) is 69.9 Å². The molecule has 2 rings (SSSR count). The maximum absolute atomic E-state index is 6.11. The molecule has 2 N–H and O–H groups in total. The molecule has 0 amide bonds. The van der Waals surface area contributed by atoms with Gasteiger partial charge >= 0.3 is 0 Å². The number of aromatic nitrogens is 3. The molecule has 2 heterocycles. The van der Waals surface area contributed by atoms with Crippen LogP contribution < -0.4 is 5.73 Å². The summed E-state index contributed by atoms with van der Waals surface area (Å²) in [6.07, 6.45) is 3.68. The average molecular weight is 269 g/mol. The molecule has 0 saturated carbocycles. The second kappa shape index (κ2) is 5.54. The molecule has 0 radical (unpaired) electrons. The lowest BCUT2D eigenvalue weighted by Crippen LogP contribution is -2.18. The minimum Gasteiger partial charge on any atom is -0.453 e. The lowest BCUT2D eigenvalue weighted by Gasteiger charge is -2.12. The minimum absolute atomic E-state index is 0.230. The maximum atomic E-state index is 6.11. The third-order valence-electron chi connectivity index (χ3n) is 2.68. The minimum atomic E-state index is -0.230. The van der Waals surface area contributed by atoms with Gasteiger partial charge in [0.2, 0.25) is 0 Å². The van der Waals surface area contributed by atoms with Gasteiger partial charge in [-0.15, -0.1) is 0 Å². The van der Waals surface area contributed by atoms with Gasteiger partial charge in [-0.25, -0.2) is 9.67 Å². The summed E-state index contributed by atoms with van der Waals surface area (Å²) in [6, 6.07) is 1.56. The molecule has 0 fully saturated rings. The fraction of sp³-hybridized carbons (Fsp3) is 0.500. The molecular weight excluding hydrogens is 252 g/mol. The maximum Gasteiger partial charge on any atom is 0.197 e. The molecular formula is C12H17ClN4O. The Morgan fingerprint density at radius 1 is 1.50 bits per heavy atom. The van der Waals surface area contributed by atoms with E-state index < -0.39 is 0 Å². The smallest absolute Gasteiger partial charge is 0.197 e. The van der Waals surface area contributed by atoms with E-state index in [2.05, 4.69) is 23.9 Å². The van der Waals surface area contributed by atoms with Gasteiger partial charge in [0.05, 0.1) is 6.26 Å². The third kappa shape index (κ3) is 2.91. The summed E-state index contributed by atoms with van der Waals surface area (Å²) in [6.45, 7) is 5.11. The van der Waals surface area contributed by atoms with Crippen LogP contribution in [0.15, 0.2) is 23.1 Å². The summed E-state index contributed by atoms with van der Waals surface area (Å²) in [4.78, 5) is 4.25. The number of hydrogen-bond donors (Lipinski definition) is 1. The van der Waals surface area contributed by atoms with E-state index in [9.17, 15) is 0 Å². The zero-order valence-electron chi connectivity index (χ0n) is 10.5. The highest BCUT2D eigenvalue weighted by Crippen LogP contribution is 2.24. The first-order valence-corrected chi connectivity index (χ1v) is 6.31. The highest BCUT2D eigenvalue weighted by atomic mass is 35.5. The molecule has 0 aromatic carbocycles.